The largest absolute Gasteiger partial charge is 0.368 e. The van der Waals surface area contributed by atoms with E-state index >= 15 is 0 Å². The second kappa shape index (κ2) is 12.3. The van der Waals surface area contributed by atoms with Gasteiger partial charge < -0.3 is 15.5 Å². The molecule has 41 heavy (non-hydrogen) atoms. The molecule has 1 aliphatic heterocycles. The lowest BCUT2D eigenvalue weighted by molar-refractivity contribution is 0.0712. The number of carbonyl (C=O) groups excluding carboxylic acids is 2. The van der Waals surface area contributed by atoms with Crippen molar-refractivity contribution in [2.75, 3.05) is 23.7 Å². The molecule has 1 aliphatic rings. The summed E-state index contributed by atoms with van der Waals surface area (Å²) < 4.78 is 13.6. The third kappa shape index (κ3) is 6.80. The van der Waals surface area contributed by atoms with Gasteiger partial charge in [0.1, 0.15) is 11.6 Å². The third-order valence-electron chi connectivity index (χ3n) is 7.52. The highest BCUT2D eigenvalue weighted by atomic mass is 19.1. The first-order valence-electron chi connectivity index (χ1n) is 14.1. The second-order valence-corrected chi connectivity index (χ2v) is 10.9. The van der Waals surface area contributed by atoms with Crippen LogP contribution in [0.1, 0.15) is 64.4 Å². The van der Waals surface area contributed by atoms with E-state index in [0.717, 1.165) is 29.5 Å². The summed E-state index contributed by atoms with van der Waals surface area (Å²) in [4.78, 5) is 32.5. The molecule has 7 heteroatoms. The van der Waals surface area contributed by atoms with E-state index in [1.54, 1.807) is 36.5 Å². The molecule has 0 atom stereocenters. The molecule has 6 nitrogen and oxygen atoms in total. The number of nitrogens with one attached hydrogen (secondary N) is 2. The number of aromatic nitrogens is 1. The molecule has 0 bridgehead atoms. The Labute approximate surface area is 240 Å². The Morgan fingerprint density at radius 3 is 2.29 bits per heavy atom. The van der Waals surface area contributed by atoms with Crippen molar-refractivity contribution < 1.29 is 14.0 Å². The standard InChI is InChI=1S/C34H35FN4O2/c1-22(2)37-32-14-13-29(21-36-32)33(40)38-31-20-28(8-7-23(31)3)34(41)39-17-15-26(16-18-39)24-9-11-25(12-10-24)27-5-4-6-30(35)19-27/h4-14,19-22,26H,15-18H2,1-3H3,(H,36,37)(H,38,40). The van der Waals surface area contributed by atoms with Crippen molar-refractivity contribution >= 4 is 23.3 Å². The Balaban J connectivity index is 1.20. The molecule has 210 valence electrons. The highest BCUT2D eigenvalue weighted by Gasteiger charge is 2.25. The molecule has 0 unspecified atom stereocenters. The van der Waals surface area contributed by atoms with E-state index in [0.29, 0.717) is 41.6 Å². The molecule has 1 saturated heterocycles. The van der Waals surface area contributed by atoms with Gasteiger partial charge in [-0.1, -0.05) is 42.5 Å². The lowest BCUT2D eigenvalue weighted by Gasteiger charge is -2.32. The summed E-state index contributed by atoms with van der Waals surface area (Å²) >= 11 is 0. The molecular formula is C34H35FN4O2. The topological polar surface area (TPSA) is 74.3 Å². The highest BCUT2D eigenvalue weighted by Crippen LogP contribution is 2.31. The zero-order valence-electron chi connectivity index (χ0n) is 23.7. The number of aryl methyl sites for hydroxylation is 1. The Hall–Kier alpha value is -4.52. The molecule has 0 radical (unpaired) electrons. The van der Waals surface area contributed by atoms with Crippen LogP contribution in [-0.2, 0) is 0 Å². The summed E-state index contributed by atoms with van der Waals surface area (Å²) in [5.74, 6) is 0.527. The van der Waals surface area contributed by atoms with E-state index in [1.165, 1.54) is 11.6 Å². The van der Waals surface area contributed by atoms with Gasteiger partial charge >= 0.3 is 0 Å². The first kappa shape index (κ1) is 28.0. The maximum absolute atomic E-state index is 13.6. The molecule has 0 spiro atoms. The van der Waals surface area contributed by atoms with E-state index in [2.05, 4.69) is 27.8 Å². The summed E-state index contributed by atoms with van der Waals surface area (Å²) in [5, 5.41) is 6.15. The predicted octanol–water partition coefficient (Wildman–Crippen LogP) is 7.29. The van der Waals surface area contributed by atoms with E-state index in [9.17, 15) is 14.0 Å². The maximum Gasteiger partial charge on any atom is 0.257 e. The lowest BCUT2D eigenvalue weighted by Crippen LogP contribution is -2.38. The number of hydrogen-bond donors (Lipinski definition) is 2. The Morgan fingerprint density at radius 1 is 0.902 bits per heavy atom. The first-order valence-corrected chi connectivity index (χ1v) is 14.1. The molecule has 1 fully saturated rings. The van der Waals surface area contributed by atoms with Crippen LogP contribution in [0.3, 0.4) is 0 Å². The number of nitrogens with zero attached hydrogens (tertiary/aromatic N) is 2. The molecule has 1 aromatic heterocycles. The van der Waals surface area contributed by atoms with Crippen LogP contribution in [0.2, 0.25) is 0 Å². The Morgan fingerprint density at radius 2 is 1.63 bits per heavy atom. The van der Waals surface area contributed by atoms with Crippen LogP contribution in [0.5, 0.6) is 0 Å². The normalized spacial score (nSPS) is 13.7. The SMILES string of the molecule is Cc1ccc(C(=O)N2CCC(c3ccc(-c4cccc(F)c4)cc3)CC2)cc1NC(=O)c1ccc(NC(C)C)nc1. The van der Waals surface area contributed by atoms with Crippen LogP contribution in [-0.4, -0.2) is 40.8 Å². The van der Waals surface area contributed by atoms with Crippen molar-refractivity contribution in [2.24, 2.45) is 0 Å². The number of halogens is 1. The molecule has 0 aliphatic carbocycles. The second-order valence-electron chi connectivity index (χ2n) is 10.9. The van der Waals surface area contributed by atoms with Crippen LogP contribution in [0, 0.1) is 12.7 Å². The smallest absolute Gasteiger partial charge is 0.257 e. The molecule has 3 aromatic carbocycles. The van der Waals surface area contributed by atoms with E-state index in [-0.39, 0.29) is 23.7 Å². The van der Waals surface area contributed by atoms with E-state index in [1.807, 2.05) is 56.0 Å². The van der Waals surface area contributed by atoms with Gasteiger partial charge in [0, 0.05) is 36.6 Å². The van der Waals surface area contributed by atoms with Crippen LogP contribution in [0.4, 0.5) is 15.9 Å². The van der Waals surface area contributed by atoms with Gasteiger partial charge in [0.25, 0.3) is 11.8 Å². The summed E-state index contributed by atoms with van der Waals surface area (Å²) in [6, 6.07) is 24.1. The number of benzene rings is 3. The number of anilines is 2. The number of pyridine rings is 1. The van der Waals surface area contributed by atoms with Crippen LogP contribution < -0.4 is 10.6 Å². The number of carbonyl (C=O) groups is 2. The van der Waals surface area contributed by atoms with Crippen LogP contribution in [0.15, 0.2) is 85.1 Å². The van der Waals surface area contributed by atoms with Gasteiger partial charge in [0.05, 0.1) is 5.56 Å². The summed E-state index contributed by atoms with van der Waals surface area (Å²) in [6.07, 6.45) is 3.29. The monoisotopic (exact) mass is 550 g/mol. The van der Waals surface area contributed by atoms with Gasteiger partial charge in [-0.2, -0.15) is 0 Å². The van der Waals surface area contributed by atoms with Gasteiger partial charge in [-0.25, -0.2) is 9.37 Å². The van der Waals surface area contributed by atoms with Crippen molar-refractivity contribution in [3.05, 3.63) is 113 Å². The van der Waals surface area contributed by atoms with Gasteiger partial charge in [-0.05, 0) is 98.2 Å². The molecular weight excluding hydrogens is 515 g/mol. The summed E-state index contributed by atoms with van der Waals surface area (Å²) in [7, 11) is 0. The average Bonchev–Trinajstić information content (AvgIpc) is 2.98. The fourth-order valence-electron chi connectivity index (χ4n) is 5.21. The number of likely N-dealkylation sites (tertiary alicyclic amines) is 1. The van der Waals surface area contributed by atoms with Gasteiger partial charge in [0.15, 0.2) is 0 Å². The van der Waals surface area contributed by atoms with Crippen molar-refractivity contribution in [3.8, 4) is 11.1 Å². The Kier molecular flexibility index (Phi) is 8.43. The molecule has 4 aromatic rings. The minimum atomic E-state index is -0.273. The van der Waals surface area contributed by atoms with Crippen molar-refractivity contribution in [2.45, 2.75) is 45.6 Å². The lowest BCUT2D eigenvalue weighted by atomic mass is 9.88. The van der Waals surface area contributed by atoms with Crippen molar-refractivity contribution in [1.29, 1.82) is 0 Å². The average molecular weight is 551 g/mol. The molecule has 2 heterocycles. The number of rotatable bonds is 7. The van der Waals surface area contributed by atoms with Crippen LogP contribution >= 0.6 is 0 Å². The Bertz CT molecular complexity index is 1530. The number of hydrogen-bond acceptors (Lipinski definition) is 4. The van der Waals surface area contributed by atoms with Crippen LogP contribution in [0.25, 0.3) is 11.1 Å². The summed E-state index contributed by atoms with van der Waals surface area (Å²) in [6.45, 7) is 7.28. The highest BCUT2D eigenvalue weighted by molar-refractivity contribution is 6.05. The van der Waals surface area contributed by atoms with Gasteiger partial charge in [-0.15, -0.1) is 0 Å². The minimum absolute atomic E-state index is 0.0359. The molecule has 0 saturated carbocycles. The molecule has 2 N–H and O–H groups in total. The fourth-order valence-corrected chi connectivity index (χ4v) is 5.21. The summed E-state index contributed by atoms with van der Waals surface area (Å²) in [5.41, 5.74) is 5.57. The third-order valence-corrected chi connectivity index (χ3v) is 7.52. The zero-order valence-corrected chi connectivity index (χ0v) is 23.7. The zero-order chi connectivity index (χ0) is 28.9. The van der Waals surface area contributed by atoms with Gasteiger partial charge in [0.2, 0.25) is 0 Å². The first-order chi connectivity index (χ1) is 19.8. The number of piperidine rings is 1. The predicted molar refractivity (Wildman–Crippen MR) is 162 cm³/mol. The van der Waals surface area contributed by atoms with E-state index in [4.69, 9.17) is 0 Å². The molecule has 5 rings (SSSR count). The number of amides is 2. The fraction of sp³-hybridized carbons (Fsp3) is 0.265. The molecule has 2 amide bonds. The minimum Gasteiger partial charge on any atom is -0.368 e. The van der Waals surface area contributed by atoms with E-state index < -0.39 is 0 Å². The van der Waals surface area contributed by atoms with Gasteiger partial charge in [-0.3, -0.25) is 9.59 Å². The van der Waals surface area contributed by atoms with Crippen molar-refractivity contribution in [1.82, 2.24) is 9.88 Å². The van der Waals surface area contributed by atoms with Crippen molar-refractivity contribution in [3.63, 3.8) is 0 Å². The maximum atomic E-state index is 13.6. The quantitative estimate of drug-likeness (QED) is 0.253.